The fourth-order valence-electron chi connectivity index (χ4n) is 3.54. The molecule has 0 fully saturated rings. The highest BCUT2D eigenvalue weighted by molar-refractivity contribution is 5.31. The molecule has 0 aromatic heterocycles. The first-order chi connectivity index (χ1) is 10.7. The van der Waals surface area contributed by atoms with Crippen LogP contribution in [0.1, 0.15) is 56.8 Å². The minimum Gasteiger partial charge on any atom is -0.385 e. The summed E-state index contributed by atoms with van der Waals surface area (Å²) in [6.07, 6.45) is 5.55. The van der Waals surface area contributed by atoms with Crippen LogP contribution < -0.4 is 4.90 Å². The predicted octanol–water partition coefficient (Wildman–Crippen LogP) is 2.15. The van der Waals surface area contributed by atoms with Crippen molar-refractivity contribution in [1.82, 2.24) is 0 Å². The lowest BCUT2D eigenvalue weighted by molar-refractivity contribution is -0.903. The van der Waals surface area contributed by atoms with Gasteiger partial charge in [-0.15, -0.1) is 0 Å². The molecule has 1 aliphatic carbocycles. The van der Waals surface area contributed by atoms with Crippen molar-refractivity contribution in [2.24, 2.45) is 0 Å². The molecular weight excluding hydrogens is 274 g/mol. The van der Waals surface area contributed by atoms with Gasteiger partial charge in [-0.25, -0.2) is 0 Å². The van der Waals surface area contributed by atoms with E-state index < -0.39 is 0 Å². The number of aliphatic hydroxyl groups is 1. The molecule has 0 bridgehead atoms. The van der Waals surface area contributed by atoms with Crippen LogP contribution in [0.3, 0.4) is 0 Å². The summed E-state index contributed by atoms with van der Waals surface area (Å²) in [5.74, 6) is 0. The second kappa shape index (κ2) is 9.29. The maximum absolute atomic E-state index is 10.3. The van der Waals surface area contributed by atoms with Crippen LogP contribution in [0.4, 0.5) is 0 Å². The molecule has 3 heteroatoms. The lowest BCUT2D eigenvalue weighted by atomic mass is 9.89. The Labute approximate surface area is 135 Å². The van der Waals surface area contributed by atoms with Crippen molar-refractivity contribution in [3.05, 3.63) is 35.4 Å². The molecule has 3 nitrogen and oxygen atoms in total. The highest BCUT2D eigenvalue weighted by atomic mass is 16.5. The molecular formula is C19H32NO2+. The van der Waals surface area contributed by atoms with Gasteiger partial charge in [0.15, 0.2) is 0 Å². The molecule has 1 aliphatic rings. The third kappa shape index (κ3) is 5.08. The molecule has 1 aromatic rings. The Morgan fingerprint density at radius 1 is 1.23 bits per heavy atom. The van der Waals surface area contributed by atoms with Gasteiger partial charge in [0, 0.05) is 0 Å². The summed E-state index contributed by atoms with van der Waals surface area (Å²) in [6, 6.07) is 8.57. The topological polar surface area (TPSA) is 33.9 Å². The highest BCUT2D eigenvalue weighted by Crippen LogP contribution is 2.32. The van der Waals surface area contributed by atoms with E-state index in [1.165, 1.54) is 35.3 Å². The van der Waals surface area contributed by atoms with E-state index in [1.807, 2.05) is 0 Å². The van der Waals surface area contributed by atoms with Gasteiger partial charge < -0.3 is 14.7 Å². The Morgan fingerprint density at radius 2 is 1.95 bits per heavy atom. The number of hydrogen-bond acceptors (Lipinski definition) is 2. The van der Waals surface area contributed by atoms with Crippen LogP contribution in [-0.2, 0) is 11.2 Å². The minimum atomic E-state index is -0.359. The lowest BCUT2D eigenvalue weighted by Crippen LogP contribution is -3.13. The number of benzene rings is 1. The molecule has 0 saturated carbocycles. The van der Waals surface area contributed by atoms with Crippen LogP contribution in [0.5, 0.6) is 0 Å². The molecule has 0 aliphatic heterocycles. The van der Waals surface area contributed by atoms with Crippen LogP contribution in [0, 0.1) is 0 Å². The molecule has 0 amide bonds. The van der Waals surface area contributed by atoms with Crippen molar-refractivity contribution in [1.29, 1.82) is 0 Å². The standard InChI is InChI=1S/C19H31NO2/c1-3-12-20(13-4-2)14-17(21)15-22-19-11-7-9-16-8-5-6-10-18(16)19/h5-6,8,10,17,19,21H,3-4,7,9,11-15H2,1-2H3/p+1/t17-,19+/m1/s1. The number of aryl methyl sites for hydroxylation is 1. The number of nitrogens with one attached hydrogen (secondary N) is 1. The molecule has 0 unspecified atom stereocenters. The zero-order chi connectivity index (χ0) is 15.8. The van der Waals surface area contributed by atoms with E-state index in [1.54, 1.807) is 0 Å². The van der Waals surface area contributed by atoms with E-state index in [2.05, 4.69) is 38.1 Å². The van der Waals surface area contributed by atoms with Gasteiger partial charge in [-0.1, -0.05) is 38.1 Å². The Hall–Kier alpha value is -0.900. The molecule has 2 atom stereocenters. The SMILES string of the molecule is CCC[NH+](CCC)C[C@@H](O)CO[C@H]1CCCc2ccccc21. The smallest absolute Gasteiger partial charge is 0.126 e. The Morgan fingerprint density at radius 3 is 2.68 bits per heavy atom. The number of rotatable bonds is 9. The average molecular weight is 306 g/mol. The monoisotopic (exact) mass is 306 g/mol. The molecule has 124 valence electrons. The van der Waals surface area contributed by atoms with Gasteiger partial charge in [0.1, 0.15) is 12.6 Å². The van der Waals surface area contributed by atoms with Gasteiger partial charge in [-0.05, 0) is 43.2 Å². The van der Waals surface area contributed by atoms with Crippen molar-refractivity contribution in [2.75, 3.05) is 26.2 Å². The second-order valence-electron chi connectivity index (χ2n) is 6.52. The Balaban J connectivity index is 1.82. The Kier molecular flexibility index (Phi) is 7.37. The number of fused-ring (bicyclic) bond motifs is 1. The molecule has 22 heavy (non-hydrogen) atoms. The quantitative estimate of drug-likeness (QED) is 0.733. The number of aliphatic hydroxyl groups excluding tert-OH is 1. The molecule has 0 saturated heterocycles. The van der Waals surface area contributed by atoms with Crippen molar-refractivity contribution in [3.63, 3.8) is 0 Å². The first-order valence-corrected chi connectivity index (χ1v) is 8.95. The van der Waals surface area contributed by atoms with Crippen molar-refractivity contribution in [2.45, 2.75) is 58.2 Å². The predicted molar refractivity (Wildman–Crippen MR) is 90.2 cm³/mol. The fourth-order valence-corrected chi connectivity index (χ4v) is 3.54. The van der Waals surface area contributed by atoms with Crippen LogP contribution in [0.2, 0.25) is 0 Å². The average Bonchev–Trinajstić information content (AvgIpc) is 2.53. The first kappa shape index (κ1) is 17.5. The fraction of sp³-hybridized carbons (Fsp3) is 0.684. The van der Waals surface area contributed by atoms with E-state index in [0.717, 1.165) is 32.5 Å². The van der Waals surface area contributed by atoms with Gasteiger partial charge in [0.05, 0.1) is 25.8 Å². The van der Waals surface area contributed by atoms with Gasteiger partial charge >= 0.3 is 0 Å². The summed E-state index contributed by atoms with van der Waals surface area (Å²) < 4.78 is 6.07. The summed E-state index contributed by atoms with van der Waals surface area (Å²) in [4.78, 5) is 1.49. The molecule has 1 aromatic carbocycles. The second-order valence-corrected chi connectivity index (χ2v) is 6.52. The third-order valence-corrected chi connectivity index (χ3v) is 4.54. The zero-order valence-corrected chi connectivity index (χ0v) is 14.2. The summed E-state index contributed by atoms with van der Waals surface area (Å²) in [5.41, 5.74) is 2.74. The normalized spacial score (nSPS) is 19.2. The highest BCUT2D eigenvalue weighted by Gasteiger charge is 2.22. The number of hydrogen-bond donors (Lipinski definition) is 2. The third-order valence-electron chi connectivity index (χ3n) is 4.54. The zero-order valence-electron chi connectivity index (χ0n) is 14.2. The van der Waals surface area contributed by atoms with Crippen LogP contribution in [-0.4, -0.2) is 37.5 Å². The van der Waals surface area contributed by atoms with Gasteiger partial charge in [-0.3, -0.25) is 0 Å². The molecule has 0 spiro atoms. The van der Waals surface area contributed by atoms with E-state index in [0.29, 0.717) is 6.61 Å². The maximum atomic E-state index is 10.3. The Bertz CT molecular complexity index is 429. The van der Waals surface area contributed by atoms with Crippen molar-refractivity contribution in [3.8, 4) is 0 Å². The number of ether oxygens (including phenoxy) is 1. The lowest BCUT2D eigenvalue weighted by Gasteiger charge is -2.27. The minimum absolute atomic E-state index is 0.167. The van der Waals surface area contributed by atoms with Crippen LogP contribution in [0.25, 0.3) is 0 Å². The van der Waals surface area contributed by atoms with Crippen LogP contribution >= 0.6 is 0 Å². The number of quaternary nitrogens is 1. The van der Waals surface area contributed by atoms with E-state index in [4.69, 9.17) is 4.74 Å². The summed E-state index contributed by atoms with van der Waals surface area (Å²) >= 11 is 0. The van der Waals surface area contributed by atoms with Gasteiger partial charge in [0.25, 0.3) is 0 Å². The summed E-state index contributed by atoms with van der Waals surface area (Å²) in [5, 5.41) is 10.3. The molecule has 0 heterocycles. The summed E-state index contributed by atoms with van der Waals surface area (Å²) in [6.45, 7) is 7.94. The van der Waals surface area contributed by atoms with E-state index >= 15 is 0 Å². The molecule has 2 N–H and O–H groups in total. The largest absolute Gasteiger partial charge is 0.385 e. The van der Waals surface area contributed by atoms with Gasteiger partial charge in [0.2, 0.25) is 0 Å². The maximum Gasteiger partial charge on any atom is 0.126 e. The molecule has 0 radical (unpaired) electrons. The van der Waals surface area contributed by atoms with E-state index in [9.17, 15) is 5.11 Å². The van der Waals surface area contributed by atoms with Crippen LogP contribution in [0.15, 0.2) is 24.3 Å². The summed E-state index contributed by atoms with van der Waals surface area (Å²) in [7, 11) is 0. The van der Waals surface area contributed by atoms with Gasteiger partial charge in [-0.2, -0.15) is 0 Å². The van der Waals surface area contributed by atoms with Crippen molar-refractivity contribution < 1.29 is 14.7 Å². The molecule has 2 rings (SSSR count). The van der Waals surface area contributed by atoms with E-state index in [-0.39, 0.29) is 12.2 Å². The van der Waals surface area contributed by atoms with Crippen molar-refractivity contribution >= 4 is 0 Å². The first-order valence-electron chi connectivity index (χ1n) is 8.95.